The topological polar surface area (TPSA) is 148 Å². The molecule has 0 fully saturated rings. The molecule has 10 heteroatoms. The Hall–Kier alpha value is -2.98. The monoisotopic (exact) mass is 579 g/mol. The maximum Gasteiger partial charge on any atom is 0.335 e. The van der Waals surface area contributed by atoms with Crippen LogP contribution >= 0.6 is 0 Å². The number of amides is 1. The summed E-state index contributed by atoms with van der Waals surface area (Å²) in [6.45, 7) is 4.83. The highest BCUT2D eigenvalue weighted by molar-refractivity contribution is 5.87. The molecule has 1 aromatic carbocycles. The van der Waals surface area contributed by atoms with Gasteiger partial charge in [-0.2, -0.15) is 0 Å². The number of ether oxygens (including phenoxy) is 3. The highest BCUT2D eigenvalue weighted by Gasteiger charge is 2.22. The fourth-order valence-corrected chi connectivity index (χ4v) is 4.26. The first-order valence-electron chi connectivity index (χ1n) is 15.0. The van der Waals surface area contributed by atoms with Crippen LogP contribution in [0.1, 0.15) is 101 Å². The molecule has 1 amide bonds. The van der Waals surface area contributed by atoms with Crippen LogP contribution < -0.4 is 10.1 Å². The van der Waals surface area contributed by atoms with Gasteiger partial charge in [0.15, 0.2) is 0 Å². The lowest BCUT2D eigenvalue weighted by Crippen LogP contribution is -2.29. The highest BCUT2D eigenvalue weighted by atomic mass is 16.5. The van der Waals surface area contributed by atoms with E-state index in [1.165, 1.54) is 12.1 Å². The molecule has 0 saturated heterocycles. The average Bonchev–Trinajstić information content (AvgIpc) is 2.95. The molecule has 232 valence electrons. The van der Waals surface area contributed by atoms with Gasteiger partial charge in [-0.1, -0.05) is 44.9 Å². The summed E-state index contributed by atoms with van der Waals surface area (Å²) in [4.78, 5) is 46.7. The summed E-state index contributed by atoms with van der Waals surface area (Å²) in [5, 5.41) is 21.1. The Labute approximate surface area is 244 Å². The van der Waals surface area contributed by atoms with Crippen molar-refractivity contribution in [2.75, 3.05) is 39.6 Å². The molecule has 10 nitrogen and oxygen atoms in total. The van der Waals surface area contributed by atoms with E-state index in [4.69, 9.17) is 19.3 Å². The number of carboxylic acids is 2. The van der Waals surface area contributed by atoms with Crippen molar-refractivity contribution in [1.29, 1.82) is 0 Å². The van der Waals surface area contributed by atoms with Gasteiger partial charge >= 0.3 is 11.9 Å². The Kier molecular flexibility index (Phi) is 20.8. The number of rotatable bonds is 27. The molecule has 0 bridgehead atoms. The van der Waals surface area contributed by atoms with E-state index in [-0.39, 0.29) is 36.5 Å². The SMILES string of the molecule is CCOCCOCCNC(=O)CC[C@H](CC(=O)CCCCCCCCCCCOc1ccc(C(=O)O)cc1)C(=O)O. The second kappa shape index (κ2) is 23.7. The molecule has 0 saturated carbocycles. The van der Waals surface area contributed by atoms with E-state index in [1.807, 2.05) is 6.92 Å². The minimum atomic E-state index is -1.04. The third-order valence-electron chi connectivity index (χ3n) is 6.66. The van der Waals surface area contributed by atoms with Crippen LogP contribution in [0.5, 0.6) is 5.75 Å². The Morgan fingerprint density at radius 2 is 1.37 bits per heavy atom. The molecule has 0 aromatic heterocycles. The first kappa shape index (κ1) is 36.0. The molecule has 0 aliphatic heterocycles. The van der Waals surface area contributed by atoms with Crippen LogP contribution in [0.2, 0.25) is 0 Å². The van der Waals surface area contributed by atoms with Crippen molar-refractivity contribution in [3.05, 3.63) is 29.8 Å². The van der Waals surface area contributed by atoms with E-state index in [0.29, 0.717) is 51.7 Å². The summed E-state index contributed by atoms with van der Waals surface area (Å²) in [6.07, 6.45) is 9.92. The van der Waals surface area contributed by atoms with Gasteiger partial charge in [-0.3, -0.25) is 14.4 Å². The largest absolute Gasteiger partial charge is 0.494 e. The van der Waals surface area contributed by atoms with Gasteiger partial charge in [-0.25, -0.2) is 4.79 Å². The zero-order chi connectivity index (χ0) is 30.1. The number of hydrogen-bond acceptors (Lipinski definition) is 7. The Morgan fingerprint density at radius 3 is 1.98 bits per heavy atom. The predicted molar refractivity (Wildman–Crippen MR) is 155 cm³/mol. The molecule has 41 heavy (non-hydrogen) atoms. The van der Waals surface area contributed by atoms with E-state index in [1.54, 1.807) is 12.1 Å². The molecular formula is C31H49NO9. The van der Waals surface area contributed by atoms with Gasteiger partial charge in [0.1, 0.15) is 11.5 Å². The molecule has 0 aliphatic carbocycles. The molecule has 1 rings (SSSR count). The molecule has 0 radical (unpaired) electrons. The fraction of sp³-hybridized carbons (Fsp3) is 0.677. The molecule has 0 spiro atoms. The summed E-state index contributed by atoms with van der Waals surface area (Å²) in [5.74, 6) is -2.43. The number of ketones is 1. The van der Waals surface area contributed by atoms with Crippen molar-refractivity contribution >= 4 is 23.6 Å². The molecule has 0 aliphatic rings. The number of carboxylic acid groups (broad SMARTS) is 2. The standard InChI is InChI=1S/C31H49NO9/c1-2-39-22-23-40-21-19-32-29(34)18-15-26(31(37)38)24-27(33)12-10-8-6-4-3-5-7-9-11-20-41-28-16-13-25(14-17-28)30(35)36/h13-14,16-17,26H,2-12,15,18-24H2,1H3,(H,32,34)(H,35,36)(H,37,38)/t26-/m1/s1. The van der Waals surface area contributed by atoms with Gasteiger partial charge in [0.05, 0.1) is 37.9 Å². The normalized spacial score (nSPS) is 11.6. The summed E-state index contributed by atoms with van der Waals surface area (Å²) < 4.78 is 16.1. The first-order valence-corrected chi connectivity index (χ1v) is 15.0. The van der Waals surface area contributed by atoms with Crippen LogP contribution in [0, 0.1) is 5.92 Å². The maximum absolute atomic E-state index is 12.3. The number of carbonyl (C=O) groups is 4. The zero-order valence-corrected chi connectivity index (χ0v) is 24.6. The third-order valence-corrected chi connectivity index (χ3v) is 6.66. The third kappa shape index (κ3) is 19.7. The van der Waals surface area contributed by atoms with E-state index in [0.717, 1.165) is 57.8 Å². The molecule has 0 unspecified atom stereocenters. The van der Waals surface area contributed by atoms with Crippen molar-refractivity contribution in [3.63, 3.8) is 0 Å². The van der Waals surface area contributed by atoms with Crippen molar-refractivity contribution in [1.82, 2.24) is 5.32 Å². The minimum Gasteiger partial charge on any atom is -0.494 e. The van der Waals surface area contributed by atoms with E-state index in [2.05, 4.69) is 5.32 Å². The number of carbonyl (C=O) groups excluding carboxylic acids is 2. The predicted octanol–water partition coefficient (Wildman–Crippen LogP) is 5.27. The second-order valence-electron chi connectivity index (χ2n) is 10.1. The van der Waals surface area contributed by atoms with Crippen molar-refractivity contribution in [2.24, 2.45) is 5.92 Å². The molecule has 1 atom stereocenters. The van der Waals surface area contributed by atoms with Gasteiger partial charge in [-0.05, 0) is 50.5 Å². The number of unbranched alkanes of at least 4 members (excludes halogenated alkanes) is 8. The summed E-state index contributed by atoms with van der Waals surface area (Å²) in [6, 6.07) is 6.42. The Balaban J connectivity index is 1.99. The number of Topliss-reactive ketones (excluding diaryl/α,β-unsaturated/α-hetero) is 1. The zero-order valence-electron chi connectivity index (χ0n) is 24.6. The van der Waals surface area contributed by atoms with Crippen molar-refractivity contribution in [3.8, 4) is 5.75 Å². The lowest BCUT2D eigenvalue weighted by atomic mass is 9.94. The smallest absolute Gasteiger partial charge is 0.335 e. The first-order chi connectivity index (χ1) is 19.8. The Morgan fingerprint density at radius 1 is 0.756 bits per heavy atom. The quantitative estimate of drug-likeness (QED) is 0.118. The molecule has 1 aromatic rings. The fourth-order valence-electron chi connectivity index (χ4n) is 4.26. The van der Waals surface area contributed by atoms with Gasteiger partial charge in [0.2, 0.25) is 5.91 Å². The summed E-state index contributed by atoms with van der Waals surface area (Å²) >= 11 is 0. The number of benzene rings is 1. The van der Waals surface area contributed by atoms with Crippen LogP contribution in [0.4, 0.5) is 0 Å². The van der Waals surface area contributed by atoms with Crippen LogP contribution in [0.3, 0.4) is 0 Å². The van der Waals surface area contributed by atoms with Gasteiger partial charge in [-0.15, -0.1) is 0 Å². The van der Waals surface area contributed by atoms with Crippen LogP contribution in [0.15, 0.2) is 24.3 Å². The number of nitrogens with one attached hydrogen (secondary N) is 1. The molecule has 0 heterocycles. The maximum atomic E-state index is 12.3. The average molecular weight is 580 g/mol. The lowest BCUT2D eigenvalue weighted by molar-refractivity contribution is -0.144. The van der Waals surface area contributed by atoms with Crippen LogP contribution in [0.25, 0.3) is 0 Å². The van der Waals surface area contributed by atoms with Gasteiger partial charge in [0, 0.05) is 32.4 Å². The van der Waals surface area contributed by atoms with Gasteiger partial charge < -0.3 is 29.7 Å². The Bertz CT molecular complexity index is 873. The van der Waals surface area contributed by atoms with Gasteiger partial charge in [0.25, 0.3) is 0 Å². The highest BCUT2D eigenvalue weighted by Crippen LogP contribution is 2.17. The van der Waals surface area contributed by atoms with Crippen molar-refractivity contribution < 1.29 is 43.6 Å². The van der Waals surface area contributed by atoms with E-state index in [9.17, 15) is 24.3 Å². The molecular weight excluding hydrogens is 530 g/mol. The van der Waals surface area contributed by atoms with Crippen LogP contribution in [-0.4, -0.2) is 73.4 Å². The number of aliphatic carboxylic acids is 1. The second-order valence-corrected chi connectivity index (χ2v) is 10.1. The van der Waals surface area contributed by atoms with E-state index < -0.39 is 17.9 Å². The number of aromatic carboxylic acids is 1. The van der Waals surface area contributed by atoms with Crippen molar-refractivity contribution in [2.45, 2.75) is 90.4 Å². The lowest BCUT2D eigenvalue weighted by Gasteiger charge is -2.12. The number of hydrogen-bond donors (Lipinski definition) is 3. The van der Waals surface area contributed by atoms with E-state index >= 15 is 0 Å². The summed E-state index contributed by atoms with van der Waals surface area (Å²) in [7, 11) is 0. The van der Waals surface area contributed by atoms with Crippen LogP contribution in [-0.2, 0) is 23.9 Å². The minimum absolute atomic E-state index is 0.0273. The molecule has 3 N–H and O–H groups in total. The summed E-state index contributed by atoms with van der Waals surface area (Å²) in [5.41, 5.74) is 0.247.